The summed E-state index contributed by atoms with van der Waals surface area (Å²) in [7, 11) is 0. The van der Waals surface area contributed by atoms with Gasteiger partial charge in [0.2, 0.25) is 0 Å². The number of benzene rings is 1. The Balaban J connectivity index is 1.89. The lowest BCUT2D eigenvalue weighted by molar-refractivity contribution is 0.102. The van der Waals surface area contributed by atoms with Gasteiger partial charge in [-0.25, -0.2) is 9.97 Å². The molecule has 0 aliphatic heterocycles. The first kappa shape index (κ1) is 14.5. The van der Waals surface area contributed by atoms with Crippen molar-refractivity contribution in [2.75, 3.05) is 5.32 Å². The second-order valence-electron chi connectivity index (χ2n) is 5.29. The van der Waals surface area contributed by atoms with E-state index >= 15 is 0 Å². The SMILES string of the molecule is Cc1cc(Cl)cc(C#N)c1NC(=O)c1ccnc(C2CC2)n1. The molecule has 2 aromatic rings. The number of hydrogen-bond donors (Lipinski definition) is 1. The topological polar surface area (TPSA) is 78.7 Å². The molecule has 1 aliphatic carbocycles. The Morgan fingerprint density at radius 1 is 1.45 bits per heavy atom. The van der Waals surface area contributed by atoms with Crippen molar-refractivity contribution >= 4 is 23.2 Å². The van der Waals surface area contributed by atoms with E-state index in [2.05, 4.69) is 15.3 Å². The van der Waals surface area contributed by atoms with Crippen LogP contribution in [0.1, 0.15) is 46.2 Å². The molecule has 1 saturated carbocycles. The van der Waals surface area contributed by atoms with Crippen LogP contribution in [0.25, 0.3) is 0 Å². The van der Waals surface area contributed by atoms with Gasteiger partial charge >= 0.3 is 0 Å². The molecule has 1 aromatic heterocycles. The van der Waals surface area contributed by atoms with Crippen LogP contribution in [-0.2, 0) is 0 Å². The third-order valence-corrected chi connectivity index (χ3v) is 3.73. The van der Waals surface area contributed by atoms with Crippen LogP contribution in [-0.4, -0.2) is 15.9 Å². The van der Waals surface area contributed by atoms with E-state index in [0.29, 0.717) is 33.7 Å². The van der Waals surface area contributed by atoms with Gasteiger partial charge in [-0.1, -0.05) is 11.6 Å². The number of carbonyl (C=O) groups is 1. The van der Waals surface area contributed by atoms with Crippen molar-refractivity contribution in [2.24, 2.45) is 0 Å². The van der Waals surface area contributed by atoms with Crippen LogP contribution in [0.2, 0.25) is 5.02 Å². The highest BCUT2D eigenvalue weighted by Gasteiger charge is 2.27. The number of amides is 1. The molecule has 0 saturated heterocycles. The van der Waals surface area contributed by atoms with E-state index in [9.17, 15) is 10.1 Å². The number of nitriles is 1. The summed E-state index contributed by atoms with van der Waals surface area (Å²) in [5.41, 5.74) is 1.82. The molecule has 22 heavy (non-hydrogen) atoms. The molecule has 5 nitrogen and oxygen atoms in total. The summed E-state index contributed by atoms with van der Waals surface area (Å²) in [6, 6.07) is 6.84. The standard InChI is InChI=1S/C16H13ClN4O/c1-9-6-12(17)7-11(8-18)14(9)21-16(22)13-4-5-19-15(20-13)10-2-3-10/h4-7,10H,2-3H2,1H3,(H,21,22). The lowest BCUT2D eigenvalue weighted by atomic mass is 10.1. The zero-order valence-corrected chi connectivity index (χ0v) is 12.7. The highest BCUT2D eigenvalue weighted by molar-refractivity contribution is 6.31. The average Bonchev–Trinajstić information content (AvgIpc) is 3.34. The average molecular weight is 313 g/mol. The fourth-order valence-electron chi connectivity index (χ4n) is 2.21. The van der Waals surface area contributed by atoms with Gasteiger partial charge in [-0.15, -0.1) is 0 Å². The van der Waals surface area contributed by atoms with Gasteiger partial charge in [0, 0.05) is 17.1 Å². The third kappa shape index (κ3) is 2.92. The summed E-state index contributed by atoms with van der Waals surface area (Å²) in [5, 5.41) is 12.4. The maximum absolute atomic E-state index is 12.4. The zero-order chi connectivity index (χ0) is 15.7. The van der Waals surface area contributed by atoms with Crippen LogP contribution < -0.4 is 5.32 Å². The lowest BCUT2D eigenvalue weighted by Gasteiger charge is -2.11. The molecule has 1 aromatic carbocycles. The van der Waals surface area contributed by atoms with E-state index in [1.165, 1.54) is 6.07 Å². The Morgan fingerprint density at radius 2 is 2.23 bits per heavy atom. The van der Waals surface area contributed by atoms with Crippen LogP contribution in [0.4, 0.5) is 5.69 Å². The summed E-state index contributed by atoms with van der Waals surface area (Å²) < 4.78 is 0. The molecule has 0 radical (unpaired) electrons. The van der Waals surface area contributed by atoms with Crippen molar-refractivity contribution in [1.29, 1.82) is 5.26 Å². The third-order valence-electron chi connectivity index (χ3n) is 3.51. The number of aromatic nitrogens is 2. The van der Waals surface area contributed by atoms with Crippen molar-refractivity contribution in [2.45, 2.75) is 25.7 Å². The van der Waals surface area contributed by atoms with Crippen molar-refractivity contribution in [3.8, 4) is 6.07 Å². The first-order valence-corrected chi connectivity index (χ1v) is 7.31. The fourth-order valence-corrected chi connectivity index (χ4v) is 2.49. The molecule has 6 heteroatoms. The number of carbonyl (C=O) groups excluding carboxylic acids is 1. The summed E-state index contributed by atoms with van der Waals surface area (Å²) >= 11 is 5.93. The van der Waals surface area contributed by atoms with E-state index < -0.39 is 0 Å². The summed E-state index contributed by atoms with van der Waals surface area (Å²) in [6.45, 7) is 1.79. The predicted molar refractivity (Wildman–Crippen MR) is 82.9 cm³/mol. The van der Waals surface area contributed by atoms with Gasteiger partial charge in [0.1, 0.15) is 17.6 Å². The molecule has 1 amide bonds. The largest absolute Gasteiger partial charge is 0.319 e. The number of hydrogen-bond acceptors (Lipinski definition) is 4. The second kappa shape index (κ2) is 5.74. The van der Waals surface area contributed by atoms with E-state index in [4.69, 9.17) is 11.6 Å². The van der Waals surface area contributed by atoms with Crippen LogP contribution >= 0.6 is 11.6 Å². The number of halogens is 1. The molecule has 0 atom stereocenters. The molecule has 3 rings (SSSR count). The van der Waals surface area contributed by atoms with E-state index in [0.717, 1.165) is 18.4 Å². The predicted octanol–water partition coefficient (Wildman–Crippen LogP) is 3.44. The fraction of sp³-hybridized carbons (Fsp3) is 0.250. The molecule has 1 fully saturated rings. The maximum Gasteiger partial charge on any atom is 0.274 e. The Hall–Kier alpha value is -2.45. The molecule has 110 valence electrons. The van der Waals surface area contributed by atoms with Crippen molar-refractivity contribution in [3.05, 3.63) is 52.1 Å². The van der Waals surface area contributed by atoms with Crippen LogP contribution in [0.5, 0.6) is 0 Å². The number of nitrogens with one attached hydrogen (secondary N) is 1. The van der Waals surface area contributed by atoms with Gasteiger partial charge in [-0.05, 0) is 43.5 Å². The monoisotopic (exact) mass is 312 g/mol. The summed E-state index contributed by atoms with van der Waals surface area (Å²) in [5.74, 6) is 0.729. The van der Waals surface area contributed by atoms with Crippen molar-refractivity contribution in [1.82, 2.24) is 9.97 Å². The van der Waals surface area contributed by atoms with Crippen LogP contribution in [0.15, 0.2) is 24.4 Å². The number of anilines is 1. The minimum absolute atomic E-state index is 0.301. The highest BCUT2D eigenvalue weighted by Crippen LogP contribution is 2.37. The van der Waals surface area contributed by atoms with Crippen LogP contribution in [0, 0.1) is 18.3 Å². The van der Waals surface area contributed by atoms with Gasteiger partial charge in [0.25, 0.3) is 5.91 Å². The van der Waals surface area contributed by atoms with Crippen LogP contribution in [0.3, 0.4) is 0 Å². The Bertz CT molecular complexity index is 793. The Kier molecular flexibility index (Phi) is 3.78. The van der Waals surface area contributed by atoms with E-state index in [-0.39, 0.29) is 5.91 Å². The number of rotatable bonds is 3. The van der Waals surface area contributed by atoms with E-state index in [1.54, 1.807) is 25.3 Å². The number of aryl methyl sites for hydroxylation is 1. The highest BCUT2D eigenvalue weighted by atomic mass is 35.5. The van der Waals surface area contributed by atoms with Gasteiger partial charge in [0.15, 0.2) is 0 Å². The lowest BCUT2D eigenvalue weighted by Crippen LogP contribution is -2.16. The summed E-state index contributed by atoms with van der Waals surface area (Å²) in [6.07, 6.45) is 3.73. The molecule has 1 aliphatic rings. The Labute approximate surface area is 133 Å². The number of nitrogens with zero attached hydrogens (tertiary/aromatic N) is 3. The second-order valence-corrected chi connectivity index (χ2v) is 5.72. The van der Waals surface area contributed by atoms with Gasteiger partial charge in [-0.3, -0.25) is 4.79 Å². The first-order chi connectivity index (χ1) is 10.6. The molecular weight excluding hydrogens is 300 g/mol. The summed E-state index contributed by atoms with van der Waals surface area (Å²) in [4.78, 5) is 20.9. The maximum atomic E-state index is 12.4. The first-order valence-electron chi connectivity index (χ1n) is 6.93. The smallest absolute Gasteiger partial charge is 0.274 e. The Morgan fingerprint density at radius 3 is 2.91 bits per heavy atom. The molecule has 0 unspecified atom stereocenters. The zero-order valence-electron chi connectivity index (χ0n) is 11.9. The molecular formula is C16H13ClN4O. The molecule has 0 spiro atoms. The molecule has 1 heterocycles. The van der Waals surface area contributed by atoms with Crippen molar-refractivity contribution in [3.63, 3.8) is 0 Å². The van der Waals surface area contributed by atoms with Gasteiger partial charge in [-0.2, -0.15) is 5.26 Å². The van der Waals surface area contributed by atoms with Crippen molar-refractivity contribution < 1.29 is 4.79 Å². The quantitative estimate of drug-likeness (QED) is 0.941. The molecule has 1 N–H and O–H groups in total. The van der Waals surface area contributed by atoms with Gasteiger partial charge < -0.3 is 5.32 Å². The van der Waals surface area contributed by atoms with E-state index in [1.807, 2.05) is 6.07 Å². The van der Waals surface area contributed by atoms with Gasteiger partial charge in [0.05, 0.1) is 11.3 Å². The molecule has 0 bridgehead atoms. The minimum atomic E-state index is -0.355. The normalized spacial score (nSPS) is 13.5. The minimum Gasteiger partial charge on any atom is -0.319 e.